The van der Waals surface area contributed by atoms with Gasteiger partial charge in [0.1, 0.15) is 0 Å². The third-order valence-electron chi connectivity index (χ3n) is 1.99. The summed E-state index contributed by atoms with van der Waals surface area (Å²) in [6, 6.07) is 8.29. The van der Waals surface area contributed by atoms with Crippen LogP contribution in [0.15, 0.2) is 24.3 Å². The lowest BCUT2D eigenvalue weighted by Gasteiger charge is -2.07. The van der Waals surface area contributed by atoms with E-state index in [1.54, 1.807) is 0 Å². The Hall–Kier alpha value is -0.860. The quantitative estimate of drug-likeness (QED) is 0.747. The summed E-state index contributed by atoms with van der Waals surface area (Å²) in [4.78, 5) is 0. The first-order valence-electron chi connectivity index (χ1n) is 4.73. The first kappa shape index (κ1) is 10.2. The van der Waals surface area contributed by atoms with Gasteiger partial charge in [0.15, 0.2) is 0 Å². The molecule has 0 saturated carbocycles. The van der Waals surface area contributed by atoms with Gasteiger partial charge in [0.2, 0.25) is 0 Å². The fourth-order valence-corrected chi connectivity index (χ4v) is 1.31. The molecule has 0 amide bonds. The molecule has 0 heterocycles. The predicted octanol–water partition coefficient (Wildman–Crippen LogP) is 1.72. The van der Waals surface area contributed by atoms with Crippen LogP contribution in [0.2, 0.25) is 0 Å². The highest BCUT2D eigenvalue weighted by molar-refractivity contribution is 5.26. The van der Waals surface area contributed by atoms with Gasteiger partial charge < -0.3 is 10.5 Å². The van der Waals surface area contributed by atoms with Gasteiger partial charge in [-0.3, -0.25) is 0 Å². The van der Waals surface area contributed by atoms with E-state index in [2.05, 4.69) is 12.1 Å². The predicted molar refractivity (Wildman–Crippen MR) is 54.5 cm³/mol. The number of rotatable bonds is 5. The minimum Gasteiger partial charge on any atom is -0.377 e. The van der Waals surface area contributed by atoms with Crippen molar-refractivity contribution in [3.63, 3.8) is 0 Å². The van der Waals surface area contributed by atoms with Crippen molar-refractivity contribution < 1.29 is 4.74 Å². The summed E-state index contributed by atoms with van der Waals surface area (Å²) in [6.07, 6.45) is 0.934. The van der Waals surface area contributed by atoms with Crippen LogP contribution in [-0.4, -0.2) is 13.2 Å². The van der Waals surface area contributed by atoms with Gasteiger partial charge in [0, 0.05) is 6.61 Å². The summed E-state index contributed by atoms with van der Waals surface area (Å²) in [5.74, 6) is 0. The molecule has 0 unspecified atom stereocenters. The molecule has 2 heteroatoms. The molecule has 0 bridgehead atoms. The van der Waals surface area contributed by atoms with Gasteiger partial charge >= 0.3 is 0 Å². The summed E-state index contributed by atoms with van der Waals surface area (Å²) in [6.45, 7) is 4.16. The number of nitrogens with two attached hydrogens (primary N) is 1. The zero-order valence-corrected chi connectivity index (χ0v) is 8.12. The average molecular weight is 179 g/mol. The van der Waals surface area contributed by atoms with E-state index >= 15 is 0 Å². The number of hydrogen-bond acceptors (Lipinski definition) is 2. The molecule has 2 nitrogen and oxygen atoms in total. The van der Waals surface area contributed by atoms with Gasteiger partial charge in [0.05, 0.1) is 6.61 Å². The van der Waals surface area contributed by atoms with Crippen LogP contribution in [0.5, 0.6) is 0 Å². The van der Waals surface area contributed by atoms with Crippen LogP contribution in [0.1, 0.15) is 18.1 Å². The standard InChI is InChI=1S/C11H17NO/c1-2-13-9-11-6-4-3-5-10(11)7-8-12/h3-6H,2,7-9,12H2,1H3. The van der Waals surface area contributed by atoms with Crippen LogP contribution in [0.25, 0.3) is 0 Å². The lowest BCUT2D eigenvalue weighted by molar-refractivity contribution is 0.133. The topological polar surface area (TPSA) is 35.2 Å². The maximum absolute atomic E-state index is 5.52. The second-order valence-corrected chi connectivity index (χ2v) is 2.94. The monoisotopic (exact) mass is 179 g/mol. The molecule has 0 aliphatic heterocycles. The number of benzene rings is 1. The molecule has 0 aliphatic carbocycles. The molecule has 1 aromatic carbocycles. The minimum atomic E-state index is 0.698. The molecule has 72 valence electrons. The van der Waals surface area contributed by atoms with Crippen molar-refractivity contribution in [1.29, 1.82) is 0 Å². The Balaban J connectivity index is 2.66. The van der Waals surface area contributed by atoms with Crippen LogP contribution in [0.4, 0.5) is 0 Å². The zero-order chi connectivity index (χ0) is 9.52. The molecule has 0 atom stereocenters. The van der Waals surface area contributed by atoms with Crippen LogP contribution in [0, 0.1) is 0 Å². The van der Waals surface area contributed by atoms with Crippen molar-refractivity contribution in [2.45, 2.75) is 20.0 Å². The average Bonchev–Trinajstić information content (AvgIpc) is 2.17. The first-order chi connectivity index (χ1) is 6.38. The van der Waals surface area contributed by atoms with Gasteiger partial charge in [-0.15, -0.1) is 0 Å². The van der Waals surface area contributed by atoms with Crippen molar-refractivity contribution in [3.05, 3.63) is 35.4 Å². The van der Waals surface area contributed by atoms with E-state index in [1.165, 1.54) is 11.1 Å². The molecular formula is C11H17NO. The van der Waals surface area contributed by atoms with Crippen molar-refractivity contribution >= 4 is 0 Å². The molecule has 0 radical (unpaired) electrons. The lowest BCUT2D eigenvalue weighted by atomic mass is 10.1. The number of hydrogen-bond donors (Lipinski definition) is 1. The van der Waals surface area contributed by atoms with Crippen molar-refractivity contribution in [3.8, 4) is 0 Å². The van der Waals surface area contributed by atoms with Gasteiger partial charge in [-0.2, -0.15) is 0 Å². The SMILES string of the molecule is CCOCc1ccccc1CCN. The molecular weight excluding hydrogens is 162 g/mol. The summed E-state index contributed by atoms with van der Waals surface area (Å²) in [7, 11) is 0. The Kier molecular flexibility index (Phi) is 4.50. The van der Waals surface area contributed by atoms with Crippen LogP contribution in [0.3, 0.4) is 0 Å². The zero-order valence-electron chi connectivity index (χ0n) is 8.12. The van der Waals surface area contributed by atoms with Crippen LogP contribution >= 0.6 is 0 Å². The molecule has 1 aromatic rings. The highest BCUT2D eigenvalue weighted by Crippen LogP contribution is 2.10. The van der Waals surface area contributed by atoms with E-state index in [1.807, 2.05) is 19.1 Å². The Morgan fingerprint density at radius 3 is 2.54 bits per heavy atom. The molecule has 13 heavy (non-hydrogen) atoms. The van der Waals surface area contributed by atoms with Gasteiger partial charge in [-0.05, 0) is 31.0 Å². The van der Waals surface area contributed by atoms with Crippen molar-refractivity contribution in [2.75, 3.05) is 13.2 Å². The molecule has 1 rings (SSSR count). The van der Waals surface area contributed by atoms with E-state index in [4.69, 9.17) is 10.5 Å². The van der Waals surface area contributed by atoms with E-state index in [9.17, 15) is 0 Å². The van der Waals surface area contributed by atoms with Gasteiger partial charge in [-0.25, -0.2) is 0 Å². The Morgan fingerprint density at radius 2 is 1.92 bits per heavy atom. The Bertz CT molecular complexity index is 248. The molecule has 0 aromatic heterocycles. The summed E-state index contributed by atoms with van der Waals surface area (Å²) in [5, 5.41) is 0. The van der Waals surface area contributed by atoms with Crippen LogP contribution in [-0.2, 0) is 17.8 Å². The molecule has 0 aliphatic rings. The lowest BCUT2D eigenvalue weighted by Crippen LogP contribution is -2.06. The molecule has 0 fully saturated rings. The number of ether oxygens (including phenoxy) is 1. The molecule has 0 spiro atoms. The fraction of sp³-hybridized carbons (Fsp3) is 0.455. The second-order valence-electron chi connectivity index (χ2n) is 2.94. The second kappa shape index (κ2) is 5.73. The van der Waals surface area contributed by atoms with E-state index in [0.29, 0.717) is 13.2 Å². The van der Waals surface area contributed by atoms with E-state index in [-0.39, 0.29) is 0 Å². The van der Waals surface area contributed by atoms with E-state index in [0.717, 1.165) is 13.0 Å². The van der Waals surface area contributed by atoms with E-state index < -0.39 is 0 Å². The van der Waals surface area contributed by atoms with Crippen LogP contribution < -0.4 is 5.73 Å². The van der Waals surface area contributed by atoms with Crippen molar-refractivity contribution in [1.82, 2.24) is 0 Å². The smallest absolute Gasteiger partial charge is 0.0719 e. The highest BCUT2D eigenvalue weighted by atomic mass is 16.5. The first-order valence-corrected chi connectivity index (χ1v) is 4.73. The Morgan fingerprint density at radius 1 is 1.23 bits per heavy atom. The van der Waals surface area contributed by atoms with Gasteiger partial charge in [-0.1, -0.05) is 24.3 Å². The normalized spacial score (nSPS) is 10.3. The summed E-state index contributed by atoms with van der Waals surface area (Å²) >= 11 is 0. The third-order valence-corrected chi connectivity index (χ3v) is 1.99. The molecule has 2 N–H and O–H groups in total. The Labute approximate surface area is 79.7 Å². The third kappa shape index (κ3) is 3.17. The van der Waals surface area contributed by atoms with Crippen molar-refractivity contribution in [2.24, 2.45) is 5.73 Å². The molecule has 0 saturated heterocycles. The van der Waals surface area contributed by atoms with Gasteiger partial charge in [0.25, 0.3) is 0 Å². The maximum atomic E-state index is 5.52. The minimum absolute atomic E-state index is 0.698. The fourth-order valence-electron chi connectivity index (χ4n) is 1.31. The highest BCUT2D eigenvalue weighted by Gasteiger charge is 1.99. The summed E-state index contributed by atoms with van der Waals surface area (Å²) in [5.41, 5.74) is 8.08. The largest absolute Gasteiger partial charge is 0.377 e. The maximum Gasteiger partial charge on any atom is 0.0719 e. The summed E-state index contributed by atoms with van der Waals surface area (Å²) < 4.78 is 5.37.